The van der Waals surface area contributed by atoms with Crippen LogP contribution in [-0.4, -0.2) is 7.42 Å². The second-order valence-corrected chi connectivity index (χ2v) is 9.00. The Bertz CT molecular complexity index is 198. The monoisotopic (exact) mass is 228 g/mol. The van der Waals surface area contributed by atoms with Gasteiger partial charge in [-0.15, -0.1) is 15.3 Å². The second-order valence-electron chi connectivity index (χ2n) is 2.70. The van der Waals surface area contributed by atoms with E-state index >= 15 is 0 Å². The van der Waals surface area contributed by atoms with Gasteiger partial charge in [-0.25, -0.2) is 0 Å². The molecule has 0 fully saturated rings. The van der Waals surface area contributed by atoms with E-state index in [0.29, 0.717) is 0 Å². The maximum Gasteiger partial charge on any atom is 0.118 e. The lowest BCUT2D eigenvalue weighted by molar-refractivity contribution is 1.32. The normalized spacial score (nSPS) is 12.9. The highest BCUT2D eigenvalue weighted by Crippen LogP contribution is 2.09. The highest BCUT2D eigenvalue weighted by molar-refractivity contribution is 9.24. The summed E-state index contributed by atoms with van der Waals surface area (Å²) >= 11 is 3.75. The van der Waals surface area contributed by atoms with Crippen molar-refractivity contribution < 1.29 is 0 Å². The quantitative estimate of drug-likeness (QED) is 0.552. The molecule has 1 aromatic carbocycles. The molecular formula is C9H13BrSi. The van der Waals surface area contributed by atoms with Crippen molar-refractivity contribution in [1.82, 2.24) is 0 Å². The van der Waals surface area contributed by atoms with Crippen LogP contribution in [0.5, 0.6) is 0 Å². The van der Waals surface area contributed by atoms with Gasteiger partial charge in [0.25, 0.3) is 0 Å². The molecule has 1 aromatic rings. The third-order valence-corrected chi connectivity index (χ3v) is 6.46. The zero-order valence-corrected chi connectivity index (χ0v) is 9.50. The fourth-order valence-electron chi connectivity index (χ4n) is 1.01. The van der Waals surface area contributed by atoms with Crippen molar-refractivity contribution in [3.05, 3.63) is 35.9 Å². The Hall–Kier alpha value is -0.0831. The van der Waals surface area contributed by atoms with Crippen LogP contribution >= 0.6 is 15.3 Å². The van der Waals surface area contributed by atoms with E-state index in [4.69, 9.17) is 0 Å². The fourth-order valence-corrected chi connectivity index (χ4v) is 3.21. The standard InChI is InChI=1S/C9H13BrSi/c1-2-11(10)8-9-6-4-3-5-7-9/h3-7,11H,2,8H2,1H3. The summed E-state index contributed by atoms with van der Waals surface area (Å²) in [6, 6.07) is 13.3. The fraction of sp³-hybridized carbons (Fsp3) is 0.333. The molecule has 1 unspecified atom stereocenters. The molecule has 11 heavy (non-hydrogen) atoms. The summed E-state index contributed by atoms with van der Waals surface area (Å²) in [7, 11) is -0.595. The van der Waals surface area contributed by atoms with Gasteiger partial charge in [-0.05, 0) is 6.04 Å². The maximum absolute atomic E-state index is 3.75. The second kappa shape index (κ2) is 4.73. The lowest BCUT2D eigenvalue weighted by atomic mass is 10.2. The first-order valence-electron chi connectivity index (χ1n) is 4.01. The summed E-state index contributed by atoms with van der Waals surface area (Å²) in [5.41, 5.74) is 1.47. The van der Waals surface area contributed by atoms with Gasteiger partial charge in [-0.2, -0.15) is 0 Å². The third-order valence-electron chi connectivity index (χ3n) is 1.74. The van der Waals surface area contributed by atoms with Gasteiger partial charge >= 0.3 is 0 Å². The van der Waals surface area contributed by atoms with Crippen molar-refractivity contribution in [2.45, 2.75) is 19.0 Å². The van der Waals surface area contributed by atoms with Crippen LogP contribution in [0.25, 0.3) is 0 Å². The minimum Gasteiger partial charge on any atom is -0.130 e. The van der Waals surface area contributed by atoms with Crippen molar-refractivity contribution in [1.29, 1.82) is 0 Å². The van der Waals surface area contributed by atoms with Gasteiger partial charge in [-0.1, -0.05) is 48.9 Å². The Morgan fingerprint density at radius 3 is 2.45 bits per heavy atom. The molecule has 0 bridgehead atoms. The zero-order chi connectivity index (χ0) is 8.10. The van der Waals surface area contributed by atoms with E-state index in [-0.39, 0.29) is 0 Å². The third kappa shape index (κ3) is 3.21. The maximum atomic E-state index is 3.75. The molecule has 1 rings (SSSR count). The number of hydrogen-bond donors (Lipinski definition) is 0. The first kappa shape index (κ1) is 9.01. The molecule has 0 aliphatic carbocycles. The van der Waals surface area contributed by atoms with Crippen LogP contribution in [0.2, 0.25) is 6.04 Å². The van der Waals surface area contributed by atoms with Crippen LogP contribution in [0.4, 0.5) is 0 Å². The molecule has 0 aliphatic heterocycles. The predicted molar refractivity (Wildman–Crippen MR) is 56.7 cm³/mol. The highest BCUT2D eigenvalue weighted by Gasteiger charge is 2.02. The highest BCUT2D eigenvalue weighted by atomic mass is 79.9. The summed E-state index contributed by atoms with van der Waals surface area (Å²) < 4.78 is 0. The molecule has 2 heteroatoms. The largest absolute Gasteiger partial charge is 0.130 e. The van der Waals surface area contributed by atoms with Crippen LogP contribution in [0, 0.1) is 0 Å². The van der Waals surface area contributed by atoms with Crippen molar-refractivity contribution in [2.24, 2.45) is 0 Å². The van der Waals surface area contributed by atoms with Gasteiger partial charge in [0.2, 0.25) is 0 Å². The van der Waals surface area contributed by atoms with E-state index in [9.17, 15) is 0 Å². The number of benzene rings is 1. The van der Waals surface area contributed by atoms with Crippen molar-refractivity contribution >= 4 is 22.7 Å². The Morgan fingerprint density at radius 1 is 1.27 bits per heavy atom. The molecule has 0 radical (unpaired) electrons. The molecule has 0 aromatic heterocycles. The Kier molecular flexibility index (Phi) is 3.87. The van der Waals surface area contributed by atoms with Crippen LogP contribution in [0.1, 0.15) is 12.5 Å². The molecule has 60 valence electrons. The van der Waals surface area contributed by atoms with E-state index in [1.807, 2.05) is 0 Å². The molecule has 0 heterocycles. The Balaban J connectivity index is 2.51. The van der Waals surface area contributed by atoms with E-state index < -0.39 is 7.42 Å². The zero-order valence-electron chi connectivity index (χ0n) is 6.76. The molecule has 0 saturated carbocycles. The van der Waals surface area contributed by atoms with E-state index in [1.54, 1.807) is 0 Å². The molecule has 0 aliphatic rings. The van der Waals surface area contributed by atoms with Crippen LogP contribution in [-0.2, 0) is 6.04 Å². The average Bonchev–Trinajstić information content (AvgIpc) is 2.06. The van der Waals surface area contributed by atoms with E-state index in [0.717, 1.165) is 0 Å². The van der Waals surface area contributed by atoms with Gasteiger partial charge in [0.1, 0.15) is 7.42 Å². The Labute approximate surface area is 77.8 Å². The molecule has 0 nitrogen and oxygen atoms in total. The van der Waals surface area contributed by atoms with E-state index in [2.05, 4.69) is 52.5 Å². The van der Waals surface area contributed by atoms with Crippen LogP contribution in [0.15, 0.2) is 30.3 Å². The summed E-state index contributed by atoms with van der Waals surface area (Å²) in [5.74, 6) is 0. The number of halogens is 1. The minimum absolute atomic E-state index is 0.595. The van der Waals surface area contributed by atoms with Gasteiger partial charge in [0.05, 0.1) is 0 Å². The Morgan fingerprint density at radius 2 is 1.91 bits per heavy atom. The topological polar surface area (TPSA) is 0 Å². The van der Waals surface area contributed by atoms with Crippen molar-refractivity contribution in [2.75, 3.05) is 0 Å². The SMILES string of the molecule is CC[SiH](Br)Cc1ccccc1. The molecule has 0 amide bonds. The molecule has 1 atom stereocenters. The first-order valence-corrected chi connectivity index (χ1v) is 8.82. The van der Waals surface area contributed by atoms with Crippen LogP contribution in [0.3, 0.4) is 0 Å². The van der Waals surface area contributed by atoms with Gasteiger partial charge < -0.3 is 0 Å². The number of rotatable bonds is 3. The summed E-state index contributed by atoms with van der Waals surface area (Å²) in [4.78, 5) is 0. The molecular weight excluding hydrogens is 216 g/mol. The van der Waals surface area contributed by atoms with Gasteiger partial charge in [0.15, 0.2) is 0 Å². The van der Waals surface area contributed by atoms with Crippen LogP contribution < -0.4 is 0 Å². The lowest BCUT2D eigenvalue weighted by Gasteiger charge is -2.03. The summed E-state index contributed by atoms with van der Waals surface area (Å²) in [5, 5.41) is 0. The summed E-state index contributed by atoms with van der Waals surface area (Å²) in [6.45, 7) is 2.26. The molecule has 0 saturated heterocycles. The average molecular weight is 229 g/mol. The lowest BCUT2D eigenvalue weighted by Crippen LogP contribution is -2.05. The predicted octanol–water partition coefficient (Wildman–Crippen LogP) is 2.91. The first-order chi connectivity index (χ1) is 5.33. The van der Waals surface area contributed by atoms with E-state index in [1.165, 1.54) is 17.7 Å². The van der Waals surface area contributed by atoms with Crippen molar-refractivity contribution in [3.8, 4) is 0 Å². The minimum atomic E-state index is -0.595. The van der Waals surface area contributed by atoms with Gasteiger partial charge in [-0.3, -0.25) is 0 Å². The molecule has 0 N–H and O–H groups in total. The molecule has 0 spiro atoms. The smallest absolute Gasteiger partial charge is 0.118 e. The number of hydrogen-bond acceptors (Lipinski definition) is 0. The van der Waals surface area contributed by atoms with Gasteiger partial charge in [0, 0.05) is 0 Å². The summed E-state index contributed by atoms with van der Waals surface area (Å²) in [6.07, 6.45) is 0. The van der Waals surface area contributed by atoms with Crippen molar-refractivity contribution in [3.63, 3.8) is 0 Å².